The van der Waals surface area contributed by atoms with Crippen molar-refractivity contribution in [3.8, 4) is 0 Å². The SMILES string of the molecule is C/N=C\N=C/C(Br)CNCCc1c[nH]cn1. The third-order valence-electron chi connectivity index (χ3n) is 1.88. The van der Waals surface area contributed by atoms with Crippen LogP contribution in [0.1, 0.15) is 5.69 Å². The van der Waals surface area contributed by atoms with E-state index >= 15 is 0 Å². The third-order valence-corrected chi connectivity index (χ3v) is 2.44. The van der Waals surface area contributed by atoms with Crippen LogP contribution >= 0.6 is 15.9 Å². The van der Waals surface area contributed by atoms with E-state index in [1.54, 1.807) is 13.4 Å². The van der Waals surface area contributed by atoms with Crippen LogP contribution in [0, 0.1) is 0 Å². The van der Waals surface area contributed by atoms with Gasteiger partial charge in [0.2, 0.25) is 0 Å². The van der Waals surface area contributed by atoms with Crippen molar-refractivity contribution in [2.75, 3.05) is 20.1 Å². The van der Waals surface area contributed by atoms with Gasteiger partial charge in [-0.25, -0.2) is 9.98 Å². The highest BCUT2D eigenvalue weighted by molar-refractivity contribution is 9.10. The number of hydrogen-bond donors (Lipinski definition) is 2. The number of nitrogens with one attached hydrogen (secondary N) is 2. The Balaban J connectivity index is 2.06. The molecule has 16 heavy (non-hydrogen) atoms. The van der Waals surface area contributed by atoms with Crippen molar-refractivity contribution in [3.63, 3.8) is 0 Å². The predicted octanol–water partition coefficient (Wildman–Crippen LogP) is 1.03. The lowest BCUT2D eigenvalue weighted by Gasteiger charge is -2.05. The molecule has 1 atom stereocenters. The predicted molar refractivity (Wildman–Crippen MR) is 70.8 cm³/mol. The van der Waals surface area contributed by atoms with Gasteiger partial charge in [-0.3, -0.25) is 4.99 Å². The lowest BCUT2D eigenvalue weighted by Crippen LogP contribution is -2.26. The van der Waals surface area contributed by atoms with Gasteiger partial charge in [0, 0.05) is 39.0 Å². The maximum Gasteiger partial charge on any atom is 0.109 e. The molecule has 0 saturated carbocycles. The largest absolute Gasteiger partial charge is 0.351 e. The summed E-state index contributed by atoms with van der Waals surface area (Å²) in [7, 11) is 1.70. The fourth-order valence-corrected chi connectivity index (χ4v) is 1.50. The van der Waals surface area contributed by atoms with Crippen LogP contribution in [0.3, 0.4) is 0 Å². The highest BCUT2D eigenvalue weighted by atomic mass is 79.9. The Morgan fingerprint density at radius 2 is 2.56 bits per heavy atom. The van der Waals surface area contributed by atoms with Crippen molar-refractivity contribution < 1.29 is 0 Å². The number of imidazole rings is 1. The molecule has 0 bridgehead atoms. The Bertz CT molecular complexity index is 320. The second-order valence-electron chi connectivity index (χ2n) is 3.20. The zero-order valence-electron chi connectivity index (χ0n) is 9.23. The molecule has 5 nitrogen and oxygen atoms in total. The lowest BCUT2D eigenvalue weighted by molar-refractivity contribution is 0.701. The summed E-state index contributed by atoms with van der Waals surface area (Å²) in [5.74, 6) is 0. The monoisotopic (exact) mass is 285 g/mol. The summed E-state index contributed by atoms with van der Waals surface area (Å²) in [4.78, 5) is 15.1. The van der Waals surface area contributed by atoms with Gasteiger partial charge in [-0.15, -0.1) is 0 Å². The fourth-order valence-electron chi connectivity index (χ4n) is 1.14. The van der Waals surface area contributed by atoms with Crippen molar-refractivity contribution >= 4 is 28.5 Å². The Morgan fingerprint density at radius 3 is 3.25 bits per heavy atom. The third kappa shape index (κ3) is 5.77. The van der Waals surface area contributed by atoms with Crippen LogP contribution in [0.4, 0.5) is 0 Å². The van der Waals surface area contributed by atoms with Crippen molar-refractivity contribution in [1.29, 1.82) is 0 Å². The summed E-state index contributed by atoms with van der Waals surface area (Å²) in [6, 6.07) is 0. The van der Waals surface area contributed by atoms with Gasteiger partial charge in [0.1, 0.15) is 6.34 Å². The standard InChI is InChI=1S/C10H16BrN5/c1-12-7-14-5-9(11)4-13-3-2-10-6-15-8-16-10/h5-9,13H,2-4H2,1H3,(H,15,16)/b12-7-,14-5-. The van der Waals surface area contributed by atoms with Crippen molar-refractivity contribution in [2.24, 2.45) is 9.98 Å². The van der Waals surface area contributed by atoms with Crippen molar-refractivity contribution in [3.05, 3.63) is 18.2 Å². The van der Waals surface area contributed by atoms with Gasteiger partial charge in [0.25, 0.3) is 0 Å². The number of alkyl halides is 1. The van der Waals surface area contributed by atoms with E-state index in [0.717, 1.165) is 25.2 Å². The maximum atomic E-state index is 4.14. The molecule has 0 aliphatic carbocycles. The van der Waals surface area contributed by atoms with Crippen molar-refractivity contribution in [2.45, 2.75) is 11.2 Å². The normalized spacial score (nSPS) is 13.9. The van der Waals surface area contributed by atoms with E-state index in [0.29, 0.717) is 0 Å². The minimum Gasteiger partial charge on any atom is -0.351 e. The summed E-state index contributed by atoms with van der Waals surface area (Å²) < 4.78 is 0. The molecule has 0 aromatic carbocycles. The van der Waals surface area contributed by atoms with Crippen LogP contribution in [0.5, 0.6) is 0 Å². The lowest BCUT2D eigenvalue weighted by atomic mass is 10.3. The molecule has 1 unspecified atom stereocenters. The molecule has 1 aromatic rings. The number of rotatable bonds is 7. The molecule has 1 rings (SSSR count). The molecule has 0 amide bonds. The van der Waals surface area contributed by atoms with Crippen LogP contribution in [-0.2, 0) is 6.42 Å². The first-order valence-electron chi connectivity index (χ1n) is 5.09. The highest BCUT2D eigenvalue weighted by Gasteiger charge is 1.99. The molecule has 0 spiro atoms. The van der Waals surface area contributed by atoms with Gasteiger partial charge in [-0.05, 0) is 0 Å². The molecule has 0 aliphatic heterocycles. The van der Waals surface area contributed by atoms with Crippen LogP contribution in [0.15, 0.2) is 22.5 Å². The van der Waals surface area contributed by atoms with Gasteiger partial charge >= 0.3 is 0 Å². The topological polar surface area (TPSA) is 65.4 Å². The summed E-state index contributed by atoms with van der Waals surface area (Å²) in [5.41, 5.74) is 1.07. The molecular weight excluding hydrogens is 270 g/mol. The van der Waals surface area contributed by atoms with Crippen LogP contribution in [0.25, 0.3) is 0 Å². The molecule has 1 aromatic heterocycles. The molecule has 1 heterocycles. The van der Waals surface area contributed by atoms with Gasteiger partial charge < -0.3 is 10.3 Å². The van der Waals surface area contributed by atoms with Gasteiger partial charge in [0.15, 0.2) is 0 Å². The Labute approximate surface area is 104 Å². The van der Waals surface area contributed by atoms with Gasteiger partial charge in [-0.1, -0.05) is 15.9 Å². The quantitative estimate of drug-likeness (QED) is 0.340. The number of aromatic nitrogens is 2. The zero-order valence-corrected chi connectivity index (χ0v) is 10.8. The molecule has 6 heteroatoms. The minimum atomic E-state index is 0.227. The number of H-pyrrole nitrogens is 1. The van der Waals surface area contributed by atoms with E-state index in [2.05, 4.69) is 41.2 Å². The van der Waals surface area contributed by atoms with E-state index in [9.17, 15) is 0 Å². The van der Waals surface area contributed by atoms with Crippen LogP contribution < -0.4 is 5.32 Å². The zero-order chi connectivity index (χ0) is 11.6. The molecule has 88 valence electrons. The number of halogens is 1. The Morgan fingerprint density at radius 1 is 1.69 bits per heavy atom. The summed E-state index contributed by atoms with van der Waals surface area (Å²) in [6.45, 7) is 1.74. The van der Waals surface area contributed by atoms with E-state index in [1.807, 2.05) is 12.4 Å². The van der Waals surface area contributed by atoms with E-state index in [4.69, 9.17) is 0 Å². The van der Waals surface area contributed by atoms with Gasteiger partial charge in [0.05, 0.1) is 16.8 Å². The molecule has 0 saturated heterocycles. The average Bonchev–Trinajstić information content (AvgIpc) is 2.78. The number of aromatic amines is 1. The average molecular weight is 286 g/mol. The molecule has 0 aliphatic rings. The van der Waals surface area contributed by atoms with Crippen LogP contribution in [0.2, 0.25) is 0 Å². The van der Waals surface area contributed by atoms with Gasteiger partial charge in [-0.2, -0.15) is 0 Å². The number of hydrogen-bond acceptors (Lipinski definition) is 3. The fraction of sp³-hybridized carbons (Fsp3) is 0.500. The first kappa shape index (κ1) is 13.1. The molecule has 2 N–H and O–H groups in total. The second-order valence-corrected chi connectivity index (χ2v) is 4.38. The summed E-state index contributed by atoms with van der Waals surface area (Å²) >= 11 is 3.49. The van der Waals surface area contributed by atoms with E-state index in [-0.39, 0.29) is 4.83 Å². The summed E-state index contributed by atoms with van der Waals surface area (Å²) in [5, 5.41) is 3.31. The first-order valence-corrected chi connectivity index (χ1v) is 6.01. The maximum absolute atomic E-state index is 4.14. The number of aliphatic imine (C=N–C) groups is 2. The second kappa shape index (κ2) is 8.18. The van der Waals surface area contributed by atoms with E-state index < -0.39 is 0 Å². The minimum absolute atomic E-state index is 0.227. The first-order chi connectivity index (χ1) is 7.83. The van der Waals surface area contributed by atoms with Crippen molar-refractivity contribution in [1.82, 2.24) is 15.3 Å². The Kier molecular flexibility index (Phi) is 6.67. The molecule has 0 radical (unpaired) electrons. The smallest absolute Gasteiger partial charge is 0.109 e. The molecule has 0 fully saturated rings. The summed E-state index contributed by atoms with van der Waals surface area (Å²) in [6.07, 6.45) is 7.87. The Hall–Kier alpha value is -1.01. The number of nitrogens with zero attached hydrogens (tertiary/aromatic N) is 3. The highest BCUT2D eigenvalue weighted by Crippen LogP contribution is 1.94. The van der Waals surface area contributed by atoms with Crippen LogP contribution in [-0.4, -0.2) is 47.5 Å². The van der Waals surface area contributed by atoms with E-state index in [1.165, 1.54) is 6.34 Å². The molecular formula is C10H16BrN5.